The number of rotatable bonds is 6. The molecule has 0 saturated heterocycles. The van der Waals surface area contributed by atoms with Gasteiger partial charge >= 0.3 is 0 Å². The molecule has 1 aromatic heterocycles. The van der Waals surface area contributed by atoms with Gasteiger partial charge < -0.3 is 14.6 Å². The Morgan fingerprint density at radius 3 is 3.08 bits per heavy atom. The van der Waals surface area contributed by atoms with Gasteiger partial charge in [-0.1, -0.05) is 5.16 Å². The van der Waals surface area contributed by atoms with Crippen molar-refractivity contribution in [2.75, 3.05) is 20.3 Å². The van der Waals surface area contributed by atoms with E-state index in [1.165, 1.54) is 0 Å². The Balaban J connectivity index is 2.06. The highest BCUT2D eigenvalue weighted by Crippen LogP contribution is 2.00. The molecular formula is C9H16N2O2. The van der Waals surface area contributed by atoms with Crippen molar-refractivity contribution < 1.29 is 9.26 Å². The van der Waals surface area contributed by atoms with E-state index in [1.54, 1.807) is 7.11 Å². The minimum absolute atomic E-state index is 0.765. The van der Waals surface area contributed by atoms with E-state index in [-0.39, 0.29) is 0 Å². The van der Waals surface area contributed by atoms with E-state index in [0.29, 0.717) is 0 Å². The Morgan fingerprint density at radius 1 is 1.62 bits per heavy atom. The van der Waals surface area contributed by atoms with Gasteiger partial charge in [0.25, 0.3) is 0 Å². The van der Waals surface area contributed by atoms with Gasteiger partial charge in [-0.05, 0) is 19.9 Å². The SMILES string of the molecule is COCCCNCc1cc(C)on1. The summed E-state index contributed by atoms with van der Waals surface area (Å²) in [5.74, 6) is 0.855. The number of methoxy groups -OCH3 is 1. The third kappa shape index (κ3) is 4.05. The average Bonchev–Trinajstić information content (AvgIpc) is 2.51. The maximum Gasteiger partial charge on any atom is 0.133 e. The molecule has 0 spiro atoms. The zero-order chi connectivity index (χ0) is 9.52. The summed E-state index contributed by atoms with van der Waals surface area (Å²) in [4.78, 5) is 0. The van der Waals surface area contributed by atoms with Crippen LogP contribution in [0.5, 0.6) is 0 Å². The van der Waals surface area contributed by atoms with Gasteiger partial charge in [0, 0.05) is 26.3 Å². The Labute approximate surface area is 78.2 Å². The third-order valence-electron chi connectivity index (χ3n) is 1.68. The maximum absolute atomic E-state index is 4.93. The molecule has 0 aliphatic rings. The number of ether oxygens (including phenoxy) is 1. The van der Waals surface area contributed by atoms with Gasteiger partial charge in [0.2, 0.25) is 0 Å². The molecule has 4 nitrogen and oxygen atoms in total. The number of aryl methyl sites for hydroxylation is 1. The first-order valence-electron chi connectivity index (χ1n) is 4.45. The van der Waals surface area contributed by atoms with Crippen LogP contribution in [0, 0.1) is 6.92 Å². The van der Waals surface area contributed by atoms with Crippen molar-refractivity contribution in [1.29, 1.82) is 0 Å². The fourth-order valence-corrected chi connectivity index (χ4v) is 1.06. The molecule has 0 atom stereocenters. The fraction of sp³-hybridized carbons (Fsp3) is 0.667. The van der Waals surface area contributed by atoms with E-state index in [0.717, 1.165) is 37.6 Å². The second kappa shape index (κ2) is 5.72. The van der Waals surface area contributed by atoms with Crippen LogP contribution in [0.1, 0.15) is 17.9 Å². The number of nitrogens with zero attached hydrogens (tertiary/aromatic N) is 1. The lowest BCUT2D eigenvalue weighted by Gasteiger charge is -2.00. The molecule has 0 aromatic carbocycles. The van der Waals surface area contributed by atoms with Crippen LogP contribution in [0.3, 0.4) is 0 Å². The molecule has 1 heterocycles. The summed E-state index contributed by atoms with van der Waals surface area (Å²) in [6, 6.07) is 1.93. The quantitative estimate of drug-likeness (QED) is 0.673. The zero-order valence-electron chi connectivity index (χ0n) is 8.17. The van der Waals surface area contributed by atoms with Gasteiger partial charge in [-0.15, -0.1) is 0 Å². The Morgan fingerprint density at radius 2 is 2.46 bits per heavy atom. The summed E-state index contributed by atoms with van der Waals surface area (Å²) in [6.07, 6.45) is 1.02. The van der Waals surface area contributed by atoms with Crippen LogP contribution < -0.4 is 5.32 Å². The van der Waals surface area contributed by atoms with Crippen molar-refractivity contribution >= 4 is 0 Å². The normalized spacial score (nSPS) is 10.6. The lowest BCUT2D eigenvalue weighted by molar-refractivity contribution is 0.194. The minimum Gasteiger partial charge on any atom is -0.385 e. The van der Waals surface area contributed by atoms with Gasteiger partial charge in [0.1, 0.15) is 5.76 Å². The molecule has 1 aromatic rings. The van der Waals surface area contributed by atoms with Crippen LogP contribution in [-0.4, -0.2) is 25.4 Å². The topological polar surface area (TPSA) is 47.3 Å². The predicted octanol–water partition coefficient (Wildman–Crippen LogP) is 1.11. The Bertz CT molecular complexity index is 235. The van der Waals surface area contributed by atoms with E-state index in [9.17, 15) is 0 Å². The molecule has 1 N–H and O–H groups in total. The van der Waals surface area contributed by atoms with Crippen LogP contribution in [0.4, 0.5) is 0 Å². The molecule has 0 unspecified atom stereocenters. The third-order valence-corrected chi connectivity index (χ3v) is 1.68. The molecule has 0 bridgehead atoms. The van der Waals surface area contributed by atoms with Crippen LogP contribution in [-0.2, 0) is 11.3 Å². The standard InChI is InChI=1S/C9H16N2O2/c1-8-6-9(11-13-8)7-10-4-3-5-12-2/h6,10H,3-5,7H2,1-2H3. The summed E-state index contributed by atoms with van der Waals surface area (Å²) in [5, 5.41) is 7.11. The summed E-state index contributed by atoms with van der Waals surface area (Å²) in [7, 11) is 1.71. The maximum atomic E-state index is 4.93. The smallest absolute Gasteiger partial charge is 0.133 e. The highest BCUT2D eigenvalue weighted by atomic mass is 16.5. The second-order valence-corrected chi connectivity index (χ2v) is 2.95. The van der Waals surface area contributed by atoms with Gasteiger partial charge in [0.05, 0.1) is 5.69 Å². The van der Waals surface area contributed by atoms with Crippen molar-refractivity contribution in [3.63, 3.8) is 0 Å². The summed E-state index contributed by atoms with van der Waals surface area (Å²) < 4.78 is 9.85. The van der Waals surface area contributed by atoms with Crippen molar-refractivity contribution in [2.24, 2.45) is 0 Å². The van der Waals surface area contributed by atoms with E-state index >= 15 is 0 Å². The summed E-state index contributed by atoms with van der Waals surface area (Å²) in [5.41, 5.74) is 0.954. The number of hydrogen-bond donors (Lipinski definition) is 1. The largest absolute Gasteiger partial charge is 0.385 e. The highest BCUT2D eigenvalue weighted by Gasteiger charge is 1.98. The van der Waals surface area contributed by atoms with Gasteiger partial charge in [-0.2, -0.15) is 0 Å². The predicted molar refractivity (Wildman–Crippen MR) is 49.4 cm³/mol. The van der Waals surface area contributed by atoms with Crippen molar-refractivity contribution in [1.82, 2.24) is 10.5 Å². The van der Waals surface area contributed by atoms with E-state index in [2.05, 4.69) is 10.5 Å². The molecule has 4 heteroatoms. The lowest BCUT2D eigenvalue weighted by atomic mass is 10.3. The number of aromatic nitrogens is 1. The molecule has 0 fully saturated rings. The van der Waals surface area contributed by atoms with E-state index in [4.69, 9.17) is 9.26 Å². The molecule has 0 radical (unpaired) electrons. The van der Waals surface area contributed by atoms with Crippen LogP contribution >= 0.6 is 0 Å². The molecule has 13 heavy (non-hydrogen) atoms. The Kier molecular flexibility index (Phi) is 4.49. The first kappa shape index (κ1) is 10.2. The van der Waals surface area contributed by atoms with Crippen LogP contribution in [0.25, 0.3) is 0 Å². The molecule has 1 rings (SSSR count). The van der Waals surface area contributed by atoms with Gasteiger partial charge in [0.15, 0.2) is 0 Å². The van der Waals surface area contributed by atoms with Crippen LogP contribution in [0.2, 0.25) is 0 Å². The average molecular weight is 184 g/mol. The molecule has 74 valence electrons. The molecule has 0 aliphatic carbocycles. The van der Waals surface area contributed by atoms with Gasteiger partial charge in [-0.25, -0.2) is 0 Å². The van der Waals surface area contributed by atoms with E-state index < -0.39 is 0 Å². The number of nitrogens with one attached hydrogen (secondary N) is 1. The second-order valence-electron chi connectivity index (χ2n) is 2.95. The van der Waals surface area contributed by atoms with Crippen LogP contribution in [0.15, 0.2) is 10.6 Å². The monoisotopic (exact) mass is 184 g/mol. The van der Waals surface area contributed by atoms with Crippen molar-refractivity contribution in [3.05, 3.63) is 17.5 Å². The first-order chi connectivity index (χ1) is 6.33. The number of hydrogen-bond acceptors (Lipinski definition) is 4. The summed E-state index contributed by atoms with van der Waals surface area (Å²) in [6.45, 7) is 4.40. The fourth-order valence-electron chi connectivity index (χ4n) is 1.06. The van der Waals surface area contributed by atoms with Crippen molar-refractivity contribution in [3.8, 4) is 0 Å². The van der Waals surface area contributed by atoms with E-state index in [1.807, 2.05) is 13.0 Å². The Hall–Kier alpha value is -0.870. The first-order valence-corrected chi connectivity index (χ1v) is 4.45. The molecule has 0 saturated carbocycles. The molecule has 0 amide bonds. The minimum atomic E-state index is 0.765. The lowest BCUT2D eigenvalue weighted by Crippen LogP contribution is -2.16. The highest BCUT2D eigenvalue weighted by molar-refractivity contribution is 5.02. The molecule has 0 aliphatic heterocycles. The van der Waals surface area contributed by atoms with Crippen molar-refractivity contribution in [2.45, 2.75) is 19.9 Å². The summed E-state index contributed by atoms with van der Waals surface area (Å²) >= 11 is 0. The zero-order valence-corrected chi connectivity index (χ0v) is 8.17. The van der Waals surface area contributed by atoms with Gasteiger partial charge in [-0.3, -0.25) is 0 Å². The molecular weight excluding hydrogens is 168 g/mol.